The van der Waals surface area contributed by atoms with Gasteiger partial charge in [0.1, 0.15) is 29.6 Å². The Morgan fingerprint density at radius 2 is 1.91 bits per heavy atom. The van der Waals surface area contributed by atoms with Crippen LogP contribution >= 0.6 is 0 Å². The van der Waals surface area contributed by atoms with Crippen molar-refractivity contribution in [3.05, 3.63) is 111 Å². The second-order valence-corrected chi connectivity index (χ2v) is 10.9. The highest BCUT2D eigenvalue weighted by Crippen LogP contribution is 2.43. The molecule has 2 aromatic carbocycles. The maximum absolute atomic E-state index is 14.3. The average molecular weight is 609 g/mol. The Kier molecular flexibility index (Phi) is 7.49. The quantitative estimate of drug-likeness (QED) is 0.398. The highest BCUT2D eigenvalue weighted by Gasteiger charge is 2.52. The van der Waals surface area contributed by atoms with Gasteiger partial charge in [-0.2, -0.15) is 0 Å². The molecule has 4 heterocycles. The summed E-state index contributed by atoms with van der Waals surface area (Å²) < 4.78 is 49.4. The molecule has 0 saturated heterocycles. The second-order valence-electron chi connectivity index (χ2n) is 10.9. The Labute approximate surface area is 249 Å². The first-order valence-electron chi connectivity index (χ1n) is 13.8. The SMILES string of the molecule is CC1=NO[C@@]2(C=CC(CO)N3CC2n2cc(C(=O)NCc4c(F)cc(F)cc4F)c(=O)c(OCc4ccccc4)c2C3=O)C1. The molecule has 2 unspecified atom stereocenters. The van der Waals surface area contributed by atoms with Crippen molar-refractivity contribution in [2.75, 3.05) is 13.2 Å². The third-order valence-electron chi connectivity index (χ3n) is 8.02. The fourth-order valence-electron chi connectivity index (χ4n) is 5.81. The molecule has 1 aromatic heterocycles. The van der Waals surface area contributed by atoms with Gasteiger partial charge in [-0.1, -0.05) is 41.6 Å². The van der Waals surface area contributed by atoms with Crippen LogP contribution in [0.2, 0.25) is 0 Å². The normalized spacial score (nSPS) is 21.9. The number of fused-ring (bicyclic) bond motifs is 5. The Balaban J connectivity index is 1.46. The number of nitrogens with one attached hydrogen (secondary N) is 1. The second kappa shape index (κ2) is 11.3. The minimum atomic E-state index is -1.21. The molecule has 3 aliphatic rings. The van der Waals surface area contributed by atoms with Crippen LogP contribution in [0.15, 0.2) is 70.8 Å². The number of halogens is 3. The van der Waals surface area contributed by atoms with Gasteiger partial charge in [-0.15, -0.1) is 0 Å². The average Bonchev–Trinajstić information content (AvgIpc) is 3.31. The van der Waals surface area contributed by atoms with Gasteiger partial charge in [0.15, 0.2) is 17.0 Å². The Bertz CT molecular complexity index is 1750. The van der Waals surface area contributed by atoms with Crippen LogP contribution in [0, 0.1) is 17.5 Å². The molecule has 3 atom stereocenters. The number of aliphatic hydroxyl groups is 1. The number of aromatic nitrogens is 1. The number of aliphatic hydroxyl groups excluding tert-OH is 1. The van der Waals surface area contributed by atoms with Gasteiger partial charge < -0.3 is 29.5 Å². The Morgan fingerprint density at radius 1 is 1.18 bits per heavy atom. The van der Waals surface area contributed by atoms with Crippen molar-refractivity contribution in [3.8, 4) is 5.75 Å². The van der Waals surface area contributed by atoms with E-state index in [1.807, 2.05) is 0 Å². The molecule has 2 amide bonds. The van der Waals surface area contributed by atoms with Gasteiger partial charge in [0.2, 0.25) is 5.43 Å². The molecule has 0 aliphatic carbocycles. The van der Waals surface area contributed by atoms with Gasteiger partial charge in [-0.25, -0.2) is 13.2 Å². The molecule has 3 aliphatic heterocycles. The number of hydrogen-bond donors (Lipinski definition) is 2. The zero-order valence-electron chi connectivity index (χ0n) is 23.4. The van der Waals surface area contributed by atoms with Crippen LogP contribution in [0.5, 0.6) is 5.75 Å². The molecule has 1 spiro atoms. The minimum Gasteiger partial charge on any atom is -0.483 e. The van der Waals surface area contributed by atoms with E-state index >= 15 is 0 Å². The summed E-state index contributed by atoms with van der Waals surface area (Å²) in [4.78, 5) is 48.6. The fraction of sp³-hybridized carbons (Fsp3) is 0.290. The lowest BCUT2D eigenvalue weighted by atomic mass is 9.87. The van der Waals surface area contributed by atoms with Crippen molar-refractivity contribution in [1.29, 1.82) is 0 Å². The maximum atomic E-state index is 14.3. The molecule has 228 valence electrons. The van der Waals surface area contributed by atoms with Gasteiger partial charge in [0.05, 0.1) is 24.4 Å². The summed E-state index contributed by atoms with van der Waals surface area (Å²) >= 11 is 0. The third-order valence-corrected chi connectivity index (χ3v) is 8.02. The zero-order chi connectivity index (χ0) is 31.2. The minimum absolute atomic E-state index is 0.0426. The number of carbonyl (C=O) groups excluding carboxylic acids is 2. The van der Waals surface area contributed by atoms with Gasteiger partial charge in [-0.05, 0) is 18.6 Å². The van der Waals surface area contributed by atoms with Crippen LogP contribution in [-0.4, -0.2) is 56.9 Å². The molecular weight excluding hydrogens is 581 g/mol. The van der Waals surface area contributed by atoms with Crippen molar-refractivity contribution in [2.45, 2.75) is 44.2 Å². The maximum Gasteiger partial charge on any atom is 0.275 e. The summed E-state index contributed by atoms with van der Waals surface area (Å²) in [6.07, 6.45) is 4.90. The van der Waals surface area contributed by atoms with Crippen molar-refractivity contribution >= 4 is 17.5 Å². The lowest BCUT2D eigenvalue weighted by molar-refractivity contribution is -0.0331. The summed E-state index contributed by atoms with van der Waals surface area (Å²) in [6, 6.07) is 8.36. The summed E-state index contributed by atoms with van der Waals surface area (Å²) in [7, 11) is 0. The highest BCUT2D eigenvalue weighted by atomic mass is 19.1. The molecule has 0 fully saturated rings. The predicted octanol–water partition coefficient (Wildman–Crippen LogP) is 3.24. The van der Waals surface area contributed by atoms with Gasteiger partial charge in [-0.3, -0.25) is 14.4 Å². The van der Waals surface area contributed by atoms with E-state index in [0.717, 1.165) is 0 Å². The number of oxime groups is 1. The van der Waals surface area contributed by atoms with Gasteiger partial charge in [0.25, 0.3) is 11.8 Å². The molecule has 0 radical (unpaired) electrons. The Hall–Kier alpha value is -4.91. The fourth-order valence-corrected chi connectivity index (χ4v) is 5.81. The predicted molar refractivity (Wildman–Crippen MR) is 151 cm³/mol. The summed E-state index contributed by atoms with van der Waals surface area (Å²) in [6.45, 7) is 0.613. The van der Waals surface area contributed by atoms with Crippen molar-refractivity contribution in [2.24, 2.45) is 5.16 Å². The third kappa shape index (κ3) is 5.02. The molecule has 13 heteroatoms. The van der Waals surface area contributed by atoms with Crippen LogP contribution < -0.4 is 15.5 Å². The summed E-state index contributed by atoms with van der Waals surface area (Å²) in [5.41, 5.74) is -1.91. The molecule has 44 heavy (non-hydrogen) atoms. The van der Waals surface area contributed by atoms with E-state index in [2.05, 4.69) is 10.5 Å². The molecular formula is C31H27F3N4O6. The van der Waals surface area contributed by atoms with Crippen LogP contribution in [-0.2, 0) is 18.0 Å². The summed E-state index contributed by atoms with van der Waals surface area (Å²) in [5.74, 6) is -5.56. The standard InChI is InChI=1S/C31H27F3N4O6/c1-17-11-31(44-36-17)8-7-20(15-39)37-14-25(31)38-13-22(29(41)35-12-21-23(33)9-19(32)10-24(21)34)27(40)28(26(38)30(37)42)43-16-18-5-3-2-4-6-18/h2-10,13,20,25,39H,11-12,14-16H2,1H3,(H,35,41)/t20?,25?,31-/m0/s1. The van der Waals surface area contributed by atoms with Crippen LogP contribution in [0.1, 0.15) is 51.4 Å². The van der Waals surface area contributed by atoms with E-state index in [9.17, 15) is 32.7 Å². The van der Waals surface area contributed by atoms with Crippen molar-refractivity contribution in [1.82, 2.24) is 14.8 Å². The number of benzene rings is 2. The molecule has 2 bridgehead atoms. The summed E-state index contributed by atoms with van der Waals surface area (Å²) in [5, 5.41) is 16.6. The van der Waals surface area contributed by atoms with Crippen LogP contribution in [0.3, 0.4) is 0 Å². The first-order chi connectivity index (χ1) is 21.1. The molecule has 0 saturated carbocycles. The number of carbonyl (C=O) groups is 2. The molecule has 10 nitrogen and oxygen atoms in total. The van der Waals surface area contributed by atoms with Crippen LogP contribution in [0.4, 0.5) is 13.2 Å². The van der Waals surface area contributed by atoms with E-state index in [4.69, 9.17) is 9.57 Å². The van der Waals surface area contributed by atoms with Crippen molar-refractivity contribution < 1.29 is 37.4 Å². The van der Waals surface area contributed by atoms with E-state index in [1.165, 1.54) is 15.7 Å². The number of amides is 2. The molecule has 2 N–H and O–H groups in total. The largest absolute Gasteiger partial charge is 0.483 e. The number of pyridine rings is 1. The van der Waals surface area contributed by atoms with E-state index in [-0.39, 0.29) is 18.8 Å². The molecule has 6 rings (SSSR count). The lowest BCUT2D eigenvalue weighted by Gasteiger charge is -2.42. The number of hydrogen-bond acceptors (Lipinski definition) is 7. The molecule has 3 aromatic rings. The van der Waals surface area contributed by atoms with Gasteiger partial charge in [0, 0.05) is 43.4 Å². The zero-order valence-corrected chi connectivity index (χ0v) is 23.4. The van der Waals surface area contributed by atoms with Gasteiger partial charge >= 0.3 is 0 Å². The van der Waals surface area contributed by atoms with E-state index < -0.39 is 82.4 Å². The van der Waals surface area contributed by atoms with Crippen molar-refractivity contribution in [3.63, 3.8) is 0 Å². The first-order valence-corrected chi connectivity index (χ1v) is 13.8. The van der Waals surface area contributed by atoms with E-state index in [1.54, 1.807) is 49.4 Å². The monoisotopic (exact) mass is 608 g/mol. The number of ether oxygens (including phenoxy) is 1. The topological polar surface area (TPSA) is 122 Å². The smallest absolute Gasteiger partial charge is 0.275 e. The highest BCUT2D eigenvalue weighted by molar-refractivity contribution is 5.99. The van der Waals surface area contributed by atoms with E-state index in [0.29, 0.717) is 29.8 Å². The number of rotatable bonds is 7. The van der Waals surface area contributed by atoms with Crippen LogP contribution in [0.25, 0.3) is 0 Å². The Morgan fingerprint density at radius 3 is 2.57 bits per heavy atom. The number of nitrogens with zero attached hydrogens (tertiary/aromatic N) is 3. The lowest BCUT2D eigenvalue weighted by Crippen LogP contribution is -2.54. The first kappa shape index (κ1) is 29.2.